The highest BCUT2D eigenvalue weighted by atomic mass is 16.2. The number of hydrogen-bond acceptors (Lipinski definition) is 3. The monoisotopic (exact) mass is 445 g/mol. The fraction of sp³-hybridized carbons (Fsp3) is 0.400. The molecule has 2 bridgehead atoms. The summed E-state index contributed by atoms with van der Waals surface area (Å²) in [6.45, 7) is 3.03. The Morgan fingerprint density at radius 1 is 1.03 bits per heavy atom. The number of carbonyl (C=O) groups excluding carboxylic acids is 2. The number of aromatic amines is 1. The van der Waals surface area contributed by atoms with E-state index in [1.807, 2.05) is 27.7 Å². The summed E-state index contributed by atoms with van der Waals surface area (Å²) in [4.78, 5) is 45.0. The molecule has 2 aromatic heterocycles. The molecular weight excluding hydrogens is 418 g/mol. The van der Waals surface area contributed by atoms with E-state index in [1.165, 1.54) is 10.9 Å². The van der Waals surface area contributed by atoms with E-state index in [4.69, 9.17) is 0 Å². The first-order chi connectivity index (χ1) is 16.1. The molecule has 0 spiro atoms. The minimum atomic E-state index is -0.207. The van der Waals surface area contributed by atoms with Crippen LogP contribution in [0.2, 0.25) is 0 Å². The van der Waals surface area contributed by atoms with Gasteiger partial charge in [-0.1, -0.05) is 24.3 Å². The molecule has 0 saturated carbocycles. The third kappa shape index (κ3) is 3.50. The largest absolute Gasteiger partial charge is 0.357 e. The average Bonchev–Trinajstić information content (AvgIpc) is 3.21. The molecule has 1 saturated heterocycles. The average molecular weight is 446 g/mol. The smallest absolute Gasteiger partial charge is 0.318 e. The second-order valence-corrected chi connectivity index (χ2v) is 9.45. The van der Waals surface area contributed by atoms with Gasteiger partial charge in [-0.15, -0.1) is 0 Å². The van der Waals surface area contributed by atoms with Crippen molar-refractivity contribution in [2.75, 3.05) is 26.2 Å². The molecule has 0 radical (unpaired) electrons. The predicted octanol–water partition coefficient (Wildman–Crippen LogP) is 2.04. The van der Waals surface area contributed by atoms with Gasteiger partial charge in [0.15, 0.2) is 0 Å². The summed E-state index contributed by atoms with van der Waals surface area (Å²) in [5.41, 5.74) is 4.50. The van der Waals surface area contributed by atoms with Crippen LogP contribution in [0.1, 0.15) is 29.3 Å². The number of para-hydroxylation sites is 1. The lowest BCUT2D eigenvalue weighted by Gasteiger charge is -2.42. The molecule has 2 N–H and O–H groups in total. The van der Waals surface area contributed by atoms with E-state index < -0.39 is 0 Å². The van der Waals surface area contributed by atoms with Gasteiger partial charge in [0, 0.05) is 60.5 Å². The molecule has 8 heteroatoms. The van der Waals surface area contributed by atoms with Crippen LogP contribution < -0.4 is 10.9 Å². The number of piperidine rings is 1. The molecule has 0 unspecified atom stereocenters. The molecule has 3 aliphatic rings. The van der Waals surface area contributed by atoms with E-state index >= 15 is 0 Å². The van der Waals surface area contributed by atoms with Crippen LogP contribution in [0, 0.1) is 5.92 Å². The zero-order chi connectivity index (χ0) is 22.5. The zero-order valence-corrected chi connectivity index (χ0v) is 18.4. The number of nitrogens with zero attached hydrogens (tertiary/aromatic N) is 3. The maximum absolute atomic E-state index is 12.9. The fourth-order valence-electron chi connectivity index (χ4n) is 5.84. The number of likely N-dealkylation sites (tertiary alicyclic amines) is 1. The van der Waals surface area contributed by atoms with E-state index in [0.717, 1.165) is 29.7 Å². The van der Waals surface area contributed by atoms with Gasteiger partial charge in [0.1, 0.15) is 0 Å². The lowest BCUT2D eigenvalue weighted by molar-refractivity contribution is -0.132. The van der Waals surface area contributed by atoms with E-state index in [1.54, 1.807) is 17.0 Å². The molecule has 3 aliphatic heterocycles. The molecule has 5 heterocycles. The molecule has 170 valence electrons. The second kappa shape index (κ2) is 7.79. The number of amides is 3. The first kappa shape index (κ1) is 20.1. The van der Waals surface area contributed by atoms with Gasteiger partial charge in [0.05, 0.1) is 13.1 Å². The number of benzene rings is 1. The highest BCUT2D eigenvalue weighted by Crippen LogP contribution is 2.35. The van der Waals surface area contributed by atoms with Crippen LogP contribution in [-0.4, -0.2) is 57.5 Å². The second-order valence-electron chi connectivity index (χ2n) is 9.45. The third-order valence-corrected chi connectivity index (χ3v) is 7.39. The summed E-state index contributed by atoms with van der Waals surface area (Å²) < 4.78 is 1.86. The SMILES string of the molecule is O=C(CNC(=O)N1CCc2c([nH]c3ccccc23)C1)N1C[C@@H]2C[C@H](C1)c1cccc(=O)n1C2. The van der Waals surface area contributed by atoms with Gasteiger partial charge in [-0.05, 0) is 36.5 Å². The molecule has 8 nitrogen and oxygen atoms in total. The standard InChI is InChI=1S/C25H27N5O3/c31-23-7-3-6-22-17-10-16(13-30(22)23)12-29(14-17)24(32)11-26-25(33)28-9-8-19-18-4-1-2-5-20(18)27-21(19)15-28/h1-7,16-17,27H,8-15H2,(H,26,33)/t16-,17+/m0/s1. The van der Waals surface area contributed by atoms with Crippen molar-refractivity contribution >= 4 is 22.8 Å². The Kier molecular flexibility index (Phi) is 4.74. The zero-order valence-electron chi connectivity index (χ0n) is 18.4. The number of hydrogen-bond donors (Lipinski definition) is 2. The Morgan fingerprint density at radius 2 is 1.91 bits per heavy atom. The minimum absolute atomic E-state index is 0.00404. The van der Waals surface area contributed by atoms with Crippen molar-refractivity contribution in [3.8, 4) is 0 Å². The first-order valence-corrected chi connectivity index (χ1v) is 11.7. The number of H-pyrrole nitrogens is 1. The van der Waals surface area contributed by atoms with Crippen molar-refractivity contribution < 1.29 is 9.59 Å². The van der Waals surface area contributed by atoms with Gasteiger partial charge in [-0.25, -0.2) is 4.79 Å². The lowest BCUT2D eigenvalue weighted by atomic mass is 9.83. The Hall–Kier alpha value is -3.55. The molecular formula is C25H27N5O3. The number of aromatic nitrogens is 2. The summed E-state index contributed by atoms with van der Waals surface area (Å²) >= 11 is 0. The van der Waals surface area contributed by atoms with Crippen molar-refractivity contribution in [2.24, 2.45) is 5.92 Å². The van der Waals surface area contributed by atoms with Gasteiger partial charge in [0.2, 0.25) is 5.91 Å². The number of urea groups is 1. The van der Waals surface area contributed by atoms with Crippen molar-refractivity contribution in [2.45, 2.75) is 31.8 Å². The fourth-order valence-corrected chi connectivity index (χ4v) is 5.84. The van der Waals surface area contributed by atoms with Crippen molar-refractivity contribution in [1.82, 2.24) is 24.7 Å². The molecule has 3 amide bonds. The Morgan fingerprint density at radius 3 is 2.82 bits per heavy atom. The van der Waals surface area contributed by atoms with E-state index in [0.29, 0.717) is 32.7 Å². The van der Waals surface area contributed by atoms with Crippen molar-refractivity contribution in [3.63, 3.8) is 0 Å². The summed E-state index contributed by atoms with van der Waals surface area (Å²) in [5, 5.41) is 4.06. The molecule has 1 fully saturated rings. The topological polar surface area (TPSA) is 90.4 Å². The van der Waals surface area contributed by atoms with Crippen LogP contribution in [0.3, 0.4) is 0 Å². The van der Waals surface area contributed by atoms with Crippen LogP contribution in [0.15, 0.2) is 47.3 Å². The summed E-state index contributed by atoms with van der Waals surface area (Å²) in [7, 11) is 0. The normalized spacial score (nSPS) is 21.5. The lowest BCUT2D eigenvalue weighted by Crippen LogP contribution is -2.52. The van der Waals surface area contributed by atoms with Gasteiger partial charge >= 0.3 is 6.03 Å². The van der Waals surface area contributed by atoms with Gasteiger partial charge in [0.25, 0.3) is 5.56 Å². The third-order valence-electron chi connectivity index (χ3n) is 7.39. The van der Waals surface area contributed by atoms with Crippen LogP contribution >= 0.6 is 0 Å². The summed E-state index contributed by atoms with van der Waals surface area (Å²) in [6.07, 6.45) is 1.80. The first-order valence-electron chi connectivity index (χ1n) is 11.7. The number of rotatable bonds is 2. The summed E-state index contributed by atoms with van der Waals surface area (Å²) in [6, 6.07) is 13.4. The van der Waals surface area contributed by atoms with Crippen molar-refractivity contribution in [3.05, 3.63) is 69.8 Å². The maximum Gasteiger partial charge on any atom is 0.318 e. The maximum atomic E-state index is 12.9. The van der Waals surface area contributed by atoms with E-state index in [9.17, 15) is 14.4 Å². The molecule has 3 aromatic rings. The van der Waals surface area contributed by atoms with Gasteiger partial charge < -0.3 is 24.7 Å². The van der Waals surface area contributed by atoms with Crippen LogP contribution in [0.25, 0.3) is 10.9 Å². The molecule has 2 atom stereocenters. The van der Waals surface area contributed by atoms with Crippen LogP contribution in [0.4, 0.5) is 4.79 Å². The molecule has 6 rings (SSSR count). The summed E-state index contributed by atoms with van der Waals surface area (Å²) in [5.74, 6) is 0.389. The number of pyridine rings is 1. The van der Waals surface area contributed by atoms with Gasteiger partial charge in [-0.2, -0.15) is 0 Å². The molecule has 1 aromatic carbocycles. The van der Waals surface area contributed by atoms with E-state index in [2.05, 4.69) is 22.4 Å². The Balaban J connectivity index is 1.08. The quantitative estimate of drug-likeness (QED) is 0.633. The predicted molar refractivity (Wildman–Crippen MR) is 124 cm³/mol. The molecule has 33 heavy (non-hydrogen) atoms. The highest BCUT2D eigenvalue weighted by Gasteiger charge is 2.36. The van der Waals surface area contributed by atoms with Crippen LogP contribution in [0.5, 0.6) is 0 Å². The van der Waals surface area contributed by atoms with Crippen molar-refractivity contribution in [1.29, 1.82) is 0 Å². The Bertz CT molecular complexity index is 1310. The van der Waals surface area contributed by atoms with Crippen LogP contribution in [-0.2, 0) is 24.3 Å². The highest BCUT2D eigenvalue weighted by molar-refractivity contribution is 5.86. The van der Waals surface area contributed by atoms with E-state index in [-0.39, 0.29) is 35.9 Å². The number of fused-ring (bicyclic) bond motifs is 7. The number of carbonyl (C=O) groups is 2. The minimum Gasteiger partial charge on any atom is -0.357 e. The number of nitrogens with one attached hydrogen (secondary N) is 2. The molecule has 0 aliphatic carbocycles. The Labute approximate surface area is 191 Å². The van der Waals surface area contributed by atoms with Gasteiger partial charge in [-0.3, -0.25) is 9.59 Å².